The Labute approximate surface area is 141 Å². The van der Waals surface area contributed by atoms with Gasteiger partial charge in [-0.05, 0) is 43.6 Å². The topological polar surface area (TPSA) is 50.4 Å². The number of carbonyl (C=O) groups is 1. The van der Waals surface area contributed by atoms with E-state index in [1.807, 2.05) is 0 Å². The Hall–Kier alpha value is -1.24. The van der Waals surface area contributed by atoms with Crippen molar-refractivity contribution in [2.75, 3.05) is 33.4 Å². The Balaban J connectivity index is 0.00000264. The molecular weight excluding hydrogens is 326 g/mol. The van der Waals surface area contributed by atoms with Gasteiger partial charge in [0.2, 0.25) is 5.91 Å². The van der Waals surface area contributed by atoms with E-state index in [1.165, 1.54) is 6.07 Å². The fourth-order valence-corrected chi connectivity index (χ4v) is 2.82. The largest absolute Gasteiger partial charge is 0.384 e. The van der Waals surface area contributed by atoms with Crippen molar-refractivity contribution in [1.29, 1.82) is 0 Å². The lowest BCUT2D eigenvalue weighted by Crippen LogP contribution is -2.47. The highest BCUT2D eigenvalue weighted by Crippen LogP contribution is 2.28. The summed E-state index contributed by atoms with van der Waals surface area (Å²) in [5.41, 5.74) is 0.409. The molecule has 1 fully saturated rings. The highest BCUT2D eigenvalue weighted by atomic mass is 35.5. The van der Waals surface area contributed by atoms with Crippen LogP contribution in [-0.4, -0.2) is 39.3 Å². The van der Waals surface area contributed by atoms with Crippen molar-refractivity contribution in [2.24, 2.45) is 5.41 Å². The van der Waals surface area contributed by atoms with E-state index >= 15 is 0 Å². The third kappa shape index (κ3) is 5.71. The van der Waals surface area contributed by atoms with E-state index < -0.39 is 11.6 Å². The van der Waals surface area contributed by atoms with Gasteiger partial charge in [0, 0.05) is 19.1 Å². The zero-order valence-electron chi connectivity index (χ0n) is 13.2. The average molecular weight is 349 g/mol. The van der Waals surface area contributed by atoms with Crippen LogP contribution in [0.1, 0.15) is 18.4 Å². The molecule has 0 atom stereocenters. The Morgan fingerprint density at radius 3 is 2.61 bits per heavy atom. The third-order valence-corrected chi connectivity index (χ3v) is 4.12. The first-order valence-corrected chi connectivity index (χ1v) is 7.45. The fraction of sp³-hybridized carbons (Fsp3) is 0.562. The van der Waals surface area contributed by atoms with Crippen LogP contribution in [0.4, 0.5) is 8.78 Å². The van der Waals surface area contributed by atoms with Crippen LogP contribution in [0, 0.1) is 17.0 Å². The van der Waals surface area contributed by atoms with Crippen molar-refractivity contribution in [1.82, 2.24) is 10.6 Å². The Kier molecular flexibility index (Phi) is 7.88. The zero-order chi connectivity index (χ0) is 16.0. The van der Waals surface area contributed by atoms with E-state index in [9.17, 15) is 13.6 Å². The standard InChI is InChI=1S/C16H22F2N2O2.ClH/c1-22-11-16(4-6-19-7-5-16)10-20-15(21)9-12-2-3-13(17)14(18)8-12;/h2-3,8,19H,4-7,9-11H2,1H3,(H,20,21);1H. The second kappa shape index (κ2) is 9.15. The van der Waals surface area contributed by atoms with E-state index in [0.29, 0.717) is 18.7 Å². The number of benzene rings is 1. The zero-order valence-corrected chi connectivity index (χ0v) is 14.0. The predicted octanol–water partition coefficient (Wildman–Crippen LogP) is 2.06. The highest BCUT2D eigenvalue weighted by Gasteiger charge is 2.32. The smallest absolute Gasteiger partial charge is 0.224 e. The summed E-state index contributed by atoms with van der Waals surface area (Å²) in [5, 5.41) is 6.19. The maximum absolute atomic E-state index is 13.1. The molecule has 130 valence electrons. The minimum absolute atomic E-state index is 0. The van der Waals surface area contributed by atoms with Gasteiger partial charge in [-0.15, -0.1) is 12.4 Å². The lowest BCUT2D eigenvalue weighted by molar-refractivity contribution is -0.121. The number of carbonyl (C=O) groups excluding carboxylic acids is 1. The number of halogens is 3. The normalized spacial score (nSPS) is 16.5. The molecule has 0 radical (unpaired) electrons. The number of piperidine rings is 1. The minimum Gasteiger partial charge on any atom is -0.384 e. The molecule has 0 saturated carbocycles. The molecule has 1 aliphatic rings. The highest BCUT2D eigenvalue weighted by molar-refractivity contribution is 5.85. The van der Waals surface area contributed by atoms with Crippen LogP contribution < -0.4 is 10.6 Å². The quantitative estimate of drug-likeness (QED) is 0.827. The summed E-state index contributed by atoms with van der Waals surface area (Å²) < 4.78 is 31.3. The van der Waals surface area contributed by atoms with Crippen molar-refractivity contribution in [3.05, 3.63) is 35.4 Å². The Morgan fingerprint density at radius 2 is 2.00 bits per heavy atom. The van der Waals surface area contributed by atoms with Crippen molar-refractivity contribution in [2.45, 2.75) is 19.3 Å². The van der Waals surface area contributed by atoms with E-state index in [1.54, 1.807) is 7.11 Å². The summed E-state index contributed by atoms with van der Waals surface area (Å²) in [6, 6.07) is 3.52. The number of amides is 1. The first-order valence-electron chi connectivity index (χ1n) is 7.45. The van der Waals surface area contributed by atoms with E-state index in [2.05, 4.69) is 10.6 Å². The second-order valence-electron chi connectivity index (χ2n) is 5.88. The molecule has 0 bridgehead atoms. The maximum atomic E-state index is 13.1. The van der Waals surface area contributed by atoms with Crippen LogP contribution in [-0.2, 0) is 16.0 Å². The molecule has 2 rings (SSSR count). The van der Waals surface area contributed by atoms with Crippen molar-refractivity contribution in [3.8, 4) is 0 Å². The van der Waals surface area contributed by atoms with Gasteiger partial charge in [0.25, 0.3) is 0 Å². The summed E-state index contributed by atoms with van der Waals surface area (Å²) in [7, 11) is 1.66. The first kappa shape index (κ1) is 19.8. The molecule has 2 N–H and O–H groups in total. The molecule has 0 spiro atoms. The van der Waals surface area contributed by atoms with Crippen LogP contribution in [0.15, 0.2) is 18.2 Å². The number of hydrogen-bond donors (Lipinski definition) is 2. The molecule has 1 heterocycles. The summed E-state index contributed by atoms with van der Waals surface area (Å²) >= 11 is 0. The van der Waals surface area contributed by atoms with Crippen molar-refractivity contribution < 1.29 is 18.3 Å². The van der Waals surface area contributed by atoms with Gasteiger partial charge in [-0.2, -0.15) is 0 Å². The van der Waals surface area contributed by atoms with Gasteiger partial charge in [0.1, 0.15) is 0 Å². The average Bonchev–Trinajstić information content (AvgIpc) is 2.50. The summed E-state index contributed by atoms with van der Waals surface area (Å²) in [6.45, 7) is 2.94. The van der Waals surface area contributed by atoms with Gasteiger partial charge in [0.15, 0.2) is 11.6 Å². The van der Waals surface area contributed by atoms with Crippen molar-refractivity contribution >= 4 is 18.3 Å². The number of nitrogens with one attached hydrogen (secondary N) is 2. The van der Waals surface area contributed by atoms with Crippen LogP contribution in [0.25, 0.3) is 0 Å². The van der Waals surface area contributed by atoms with Crippen molar-refractivity contribution in [3.63, 3.8) is 0 Å². The number of hydrogen-bond acceptors (Lipinski definition) is 3. The molecule has 1 aromatic rings. The summed E-state index contributed by atoms with van der Waals surface area (Å²) in [5.74, 6) is -2.03. The first-order chi connectivity index (χ1) is 10.5. The van der Waals surface area contributed by atoms with Gasteiger partial charge in [-0.1, -0.05) is 6.07 Å². The SMILES string of the molecule is COCC1(CNC(=O)Cc2ccc(F)c(F)c2)CCNCC1.Cl. The van der Waals surface area contributed by atoms with E-state index in [-0.39, 0.29) is 30.2 Å². The Morgan fingerprint density at radius 1 is 1.30 bits per heavy atom. The van der Waals surface area contributed by atoms with Gasteiger partial charge in [-0.3, -0.25) is 4.79 Å². The Bertz CT molecular complexity index is 517. The monoisotopic (exact) mass is 348 g/mol. The van der Waals surface area contributed by atoms with Gasteiger partial charge in [-0.25, -0.2) is 8.78 Å². The molecule has 0 aromatic heterocycles. The lowest BCUT2D eigenvalue weighted by atomic mass is 9.79. The van der Waals surface area contributed by atoms with E-state index in [0.717, 1.165) is 38.1 Å². The van der Waals surface area contributed by atoms with Crippen LogP contribution >= 0.6 is 12.4 Å². The number of methoxy groups -OCH3 is 1. The molecule has 7 heteroatoms. The predicted molar refractivity (Wildman–Crippen MR) is 86.7 cm³/mol. The van der Waals surface area contributed by atoms with Gasteiger partial charge < -0.3 is 15.4 Å². The molecule has 23 heavy (non-hydrogen) atoms. The molecule has 4 nitrogen and oxygen atoms in total. The van der Waals surface area contributed by atoms with Crippen LogP contribution in [0.3, 0.4) is 0 Å². The van der Waals surface area contributed by atoms with Crippen LogP contribution in [0.2, 0.25) is 0 Å². The van der Waals surface area contributed by atoms with Gasteiger partial charge >= 0.3 is 0 Å². The third-order valence-electron chi connectivity index (χ3n) is 4.12. The summed E-state index contributed by atoms with van der Waals surface area (Å²) in [6.07, 6.45) is 1.91. The molecule has 1 amide bonds. The van der Waals surface area contributed by atoms with Crippen LogP contribution in [0.5, 0.6) is 0 Å². The van der Waals surface area contributed by atoms with E-state index in [4.69, 9.17) is 4.74 Å². The molecule has 0 aliphatic carbocycles. The van der Waals surface area contributed by atoms with Gasteiger partial charge in [0.05, 0.1) is 13.0 Å². The second-order valence-corrected chi connectivity index (χ2v) is 5.88. The summed E-state index contributed by atoms with van der Waals surface area (Å²) in [4.78, 5) is 12.0. The fourth-order valence-electron chi connectivity index (χ4n) is 2.82. The molecular formula is C16H23ClF2N2O2. The molecule has 1 aliphatic heterocycles. The number of rotatable bonds is 6. The molecule has 1 aromatic carbocycles. The maximum Gasteiger partial charge on any atom is 0.224 e. The molecule has 0 unspecified atom stereocenters. The lowest BCUT2D eigenvalue weighted by Gasteiger charge is -2.37. The number of ether oxygens (including phenoxy) is 1. The molecule has 1 saturated heterocycles. The minimum atomic E-state index is -0.931.